The summed E-state index contributed by atoms with van der Waals surface area (Å²) in [5.74, 6) is 0.666. The summed E-state index contributed by atoms with van der Waals surface area (Å²) >= 11 is 0. The first-order chi connectivity index (χ1) is 11.4. The van der Waals surface area contributed by atoms with Gasteiger partial charge in [0.15, 0.2) is 0 Å². The predicted octanol–water partition coefficient (Wildman–Crippen LogP) is 4.07. The van der Waals surface area contributed by atoms with Crippen LogP contribution in [0, 0.1) is 5.92 Å². The Hall–Kier alpha value is -1.81. The lowest BCUT2D eigenvalue weighted by Gasteiger charge is -2.28. The fourth-order valence-electron chi connectivity index (χ4n) is 3.00. The molecule has 1 saturated heterocycles. The lowest BCUT2D eigenvalue weighted by molar-refractivity contribution is 0.0641. The summed E-state index contributed by atoms with van der Waals surface area (Å²) in [6.45, 7) is 12.4. The number of urea groups is 1. The number of allylic oxidation sites excluding steroid dienone is 1. The zero-order valence-electron chi connectivity index (χ0n) is 15.2. The highest BCUT2D eigenvalue weighted by molar-refractivity contribution is 5.75. The molecule has 0 atom stereocenters. The molecule has 0 unspecified atom stereocenters. The van der Waals surface area contributed by atoms with Gasteiger partial charge in [0, 0.05) is 19.8 Å². The molecular formula is C20H30N2O2. The molecule has 2 amide bonds. The van der Waals surface area contributed by atoms with Gasteiger partial charge in [-0.2, -0.15) is 0 Å². The first-order valence-corrected chi connectivity index (χ1v) is 8.78. The van der Waals surface area contributed by atoms with Crippen molar-refractivity contribution >= 4 is 11.6 Å². The molecule has 24 heavy (non-hydrogen) atoms. The van der Waals surface area contributed by atoms with Crippen molar-refractivity contribution in [2.24, 2.45) is 5.92 Å². The van der Waals surface area contributed by atoms with E-state index in [0.29, 0.717) is 12.5 Å². The van der Waals surface area contributed by atoms with Crippen molar-refractivity contribution in [2.45, 2.75) is 45.6 Å². The minimum absolute atomic E-state index is 0.118. The van der Waals surface area contributed by atoms with Gasteiger partial charge < -0.3 is 15.4 Å². The zero-order valence-corrected chi connectivity index (χ0v) is 15.2. The molecule has 0 aromatic heterocycles. The molecule has 0 radical (unpaired) electrons. The van der Waals surface area contributed by atoms with Gasteiger partial charge in [0.1, 0.15) is 0 Å². The standard InChI is InChI=1S/C20H30N2O2/c1-15(2)17-6-5-7-18(14-17)20(3,4)22-19(23)21-11-8-16-9-12-24-13-10-16/h5-7,14,16H,1,8-13H2,2-4H3,(H2,21,22,23). The van der Waals surface area contributed by atoms with Crippen LogP contribution in [0.15, 0.2) is 30.8 Å². The fourth-order valence-corrected chi connectivity index (χ4v) is 3.00. The SMILES string of the molecule is C=C(C)c1cccc(C(C)(C)NC(=O)NCCC2CCOCC2)c1. The second kappa shape index (κ2) is 8.34. The van der Waals surface area contributed by atoms with Crippen molar-refractivity contribution < 1.29 is 9.53 Å². The number of benzene rings is 1. The van der Waals surface area contributed by atoms with Gasteiger partial charge in [-0.1, -0.05) is 30.4 Å². The maximum absolute atomic E-state index is 12.2. The number of carbonyl (C=O) groups excluding carboxylic acids is 1. The van der Waals surface area contributed by atoms with E-state index in [2.05, 4.69) is 23.3 Å². The first kappa shape index (κ1) is 18.5. The minimum Gasteiger partial charge on any atom is -0.381 e. The molecule has 1 aromatic rings. The van der Waals surface area contributed by atoms with Crippen molar-refractivity contribution in [3.05, 3.63) is 42.0 Å². The molecule has 4 nitrogen and oxygen atoms in total. The Bertz CT molecular complexity index is 575. The molecule has 0 bridgehead atoms. The Kier molecular flexibility index (Phi) is 6.44. The Morgan fingerprint density at radius 3 is 2.71 bits per heavy atom. The second-order valence-electron chi connectivity index (χ2n) is 7.21. The summed E-state index contributed by atoms with van der Waals surface area (Å²) in [7, 11) is 0. The van der Waals surface area contributed by atoms with Crippen molar-refractivity contribution in [3.8, 4) is 0 Å². The molecular weight excluding hydrogens is 300 g/mol. The highest BCUT2D eigenvalue weighted by Crippen LogP contribution is 2.23. The quantitative estimate of drug-likeness (QED) is 0.826. The van der Waals surface area contributed by atoms with Gasteiger partial charge in [0.05, 0.1) is 5.54 Å². The van der Waals surface area contributed by atoms with E-state index in [1.165, 1.54) is 0 Å². The summed E-state index contributed by atoms with van der Waals surface area (Å²) in [6.07, 6.45) is 3.22. The number of hydrogen-bond donors (Lipinski definition) is 2. The third kappa shape index (κ3) is 5.38. The zero-order chi connectivity index (χ0) is 17.6. The Morgan fingerprint density at radius 2 is 2.04 bits per heavy atom. The van der Waals surface area contributed by atoms with Crippen LogP contribution in [0.4, 0.5) is 4.79 Å². The molecule has 1 aliphatic heterocycles. The number of carbonyl (C=O) groups is 1. The monoisotopic (exact) mass is 330 g/mol. The largest absolute Gasteiger partial charge is 0.381 e. The first-order valence-electron chi connectivity index (χ1n) is 8.78. The Morgan fingerprint density at radius 1 is 1.33 bits per heavy atom. The van der Waals surface area contributed by atoms with E-state index in [-0.39, 0.29) is 6.03 Å². The predicted molar refractivity (Wildman–Crippen MR) is 98.9 cm³/mol. The van der Waals surface area contributed by atoms with E-state index in [4.69, 9.17) is 4.74 Å². The van der Waals surface area contributed by atoms with Crippen LogP contribution in [0.1, 0.15) is 51.2 Å². The Balaban J connectivity index is 1.84. The molecule has 0 aliphatic carbocycles. The highest BCUT2D eigenvalue weighted by Gasteiger charge is 2.23. The second-order valence-corrected chi connectivity index (χ2v) is 7.21. The topological polar surface area (TPSA) is 50.4 Å². The number of amides is 2. The lowest BCUT2D eigenvalue weighted by atomic mass is 9.92. The highest BCUT2D eigenvalue weighted by atomic mass is 16.5. The van der Waals surface area contributed by atoms with Gasteiger partial charge in [-0.05, 0) is 63.1 Å². The maximum Gasteiger partial charge on any atom is 0.315 e. The van der Waals surface area contributed by atoms with Gasteiger partial charge in [0.25, 0.3) is 0 Å². The van der Waals surface area contributed by atoms with E-state index >= 15 is 0 Å². The van der Waals surface area contributed by atoms with E-state index in [1.54, 1.807) is 0 Å². The Labute approximate surface area is 145 Å². The van der Waals surface area contributed by atoms with Crippen molar-refractivity contribution in [2.75, 3.05) is 19.8 Å². The van der Waals surface area contributed by atoms with Crippen molar-refractivity contribution in [1.82, 2.24) is 10.6 Å². The number of ether oxygens (including phenoxy) is 1. The summed E-state index contributed by atoms with van der Waals surface area (Å²) in [5, 5.41) is 6.06. The smallest absolute Gasteiger partial charge is 0.315 e. The van der Waals surface area contributed by atoms with Crippen LogP contribution in [0.25, 0.3) is 5.57 Å². The third-order valence-electron chi connectivity index (χ3n) is 4.68. The molecule has 0 saturated carbocycles. The third-order valence-corrected chi connectivity index (χ3v) is 4.68. The molecule has 1 aliphatic rings. The van der Waals surface area contributed by atoms with Crippen molar-refractivity contribution in [1.29, 1.82) is 0 Å². The van der Waals surface area contributed by atoms with Gasteiger partial charge in [0.2, 0.25) is 0 Å². The van der Waals surface area contributed by atoms with Crippen LogP contribution in [-0.4, -0.2) is 25.8 Å². The van der Waals surface area contributed by atoms with Crippen LogP contribution in [0.3, 0.4) is 0 Å². The minimum atomic E-state index is -0.436. The van der Waals surface area contributed by atoms with Gasteiger partial charge >= 0.3 is 6.03 Å². The van der Waals surface area contributed by atoms with E-state index < -0.39 is 5.54 Å². The van der Waals surface area contributed by atoms with E-state index in [9.17, 15) is 4.79 Å². The maximum atomic E-state index is 12.2. The average molecular weight is 330 g/mol. The number of nitrogens with one attached hydrogen (secondary N) is 2. The normalized spacial score (nSPS) is 15.8. The van der Waals surface area contributed by atoms with E-state index in [0.717, 1.165) is 49.2 Å². The van der Waals surface area contributed by atoms with Crippen LogP contribution in [0.5, 0.6) is 0 Å². The fraction of sp³-hybridized carbons (Fsp3) is 0.550. The van der Waals surface area contributed by atoms with Crippen molar-refractivity contribution in [3.63, 3.8) is 0 Å². The summed E-state index contributed by atoms with van der Waals surface area (Å²) < 4.78 is 5.36. The molecule has 0 spiro atoms. The summed E-state index contributed by atoms with van der Waals surface area (Å²) in [5.41, 5.74) is 2.76. The molecule has 132 valence electrons. The van der Waals surface area contributed by atoms with Crippen LogP contribution in [0.2, 0.25) is 0 Å². The van der Waals surface area contributed by atoms with Crippen LogP contribution < -0.4 is 10.6 Å². The van der Waals surface area contributed by atoms with Gasteiger partial charge in [-0.25, -0.2) is 4.79 Å². The summed E-state index contributed by atoms with van der Waals surface area (Å²) in [4.78, 5) is 12.2. The molecule has 4 heteroatoms. The van der Waals surface area contributed by atoms with E-state index in [1.807, 2.05) is 39.0 Å². The average Bonchev–Trinajstić information content (AvgIpc) is 2.55. The lowest BCUT2D eigenvalue weighted by Crippen LogP contribution is -2.46. The van der Waals surface area contributed by atoms with Crippen LogP contribution in [-0.2, 0) is 10.3 Å². The number of hydrogen-bond acceptors (Lipinski definition) is 2. The van der Waals surface area contributed by atoms with Gasteiger partial charge in [-0.3, -0.25) is 0 Å². The van der Waals surface area contributed by atoms with Gasteiger partial charge in [-0.15, -0.1) is 0 Å². The molecule has 2 N–H and O–H groups in total. The number of rotatable bonds is 6. The van der Waals surface area contributed by atoms with Crippen LogP contribution >= 0.6 is 0 Å². The molecule has 2 rings (SSSR count). The molecule has 1 fully saturated rings. The molecule has 1 heterocycles. The summed E-state index contributed by atoms with van der Waals surface area (Å²) in [6, 6.07) is 8.05. The molecule has 1 aromatic carbocycles.